The van der Waals surface area contributed by atoms with Gasteiger partial charge in [0.2, 0.25) is 0 Å². The molecule has 3 N–H and O–H groups in total. The number of esters is 1. The maximum atomic E-state index is 11.9. The monoisotopic (exact) mass is 436 g/mol. The van der Waals surface area contributed by atoms with Gasteiger partial charge in [0.25, 0.3) is 0 Å². The highest BCUT2D eigenvalue weighted by atomic mass is 16.6. The molecule has 0 aromatic heterocycles. The molecule has 0 heterocycles. The Labute approximate surface area is 187 Å². The molecule has 0 bridgehead atoms. The highest BCUT2D eigenvalue weighted by Gasteiger charge is 2.65. The van der Waals surface area contributed by atoms with Gasteiger partial charge in [-0.25, -0.2) is 0 Å². The van der Waals surface area contributed by atoms with Crippen LogP contribution >= 0.6 is 0 Å². The number of ether oxygens (including phenoxy) is 1. The van der Waals surface area contributed by atoms with Gasteiger partial charge in [-0.05, 0) is 98.2 Å². The van der Waals surface area contributed by atoms with E-state index in [1.165, 1.54) is 32.6 Å². The molecule has 4 fully saturated rings. The van der Waals surface area contributed by atoms with Crippen LogP contribution in [0.15, 0.2) is 0 Å². The lowest BCUT2D eigenvalue weighted by Gasteiger charge is -2.63. The molecule has 5 heteroatoms. The highest BCUT2D eigenvalue weighted by Crippen LogP contribution is 2.68. The summed E-state index contributed by atoms with van der Waals surface area (Å²) in [6.45, 7) is 8.37. The van der Waals surface area contributed by atoms with Crippen LogP contribution < -0.4 is 0 Å². The summed E-state index contributed by atoms with van der Waals surface area (Å²) in [5.74, 6) is 1.95. The number of hydrogen-bond donors (Lipinski definition) is 3. The smallest absolute Gasteiger partial charge is 0.308 e. The first kappa shape index (κ1) is 23.5. The lowest BCUT2D eigenvalue weighted by Crippen LogP contribution is -2.61. The second-order valence-electron chi connectivity index (χ2n) is 11.9. The second-order valence-corrected chi connectivity index (χ2v) is 11.9. The van der Waals surface area contributed by atoms with Gasteiger partial charge in [-0.1, -0.05) is 33.6 Å². The molecule has 0 aromatic rings. The third-order valence-electron chi connectivity index (χ3n) is 10.6. The summed E-state index contributed by atoms with van der Waals surface area (Å²) in [7, 11) is 0. The molecule has 5 nitrogen and oxygen atoms in total. The van der Waals surface area contributed by atoms with Crippen LogP contribution in [-0.2, 0) is 9.53 Å². The van der Waals surface area contributed by atoms with Crippen molar-refractivity contribution in [2.45, 2.75) is 110 Å². The third-order valence-corrected chi connectivity index (χ3v) is 10.6. The topological polar surface area (TPSA) is 87.0 Å². The van der Waals surface area contributed by atoms with Crippen molar-refractivity contribution in [3.8, 4) is 0 Å². The van der Waals surface area contributed by atoms with Crippen LogP contribution in [0.5, 0.6) is 0 Å². The first-order valence-corrected chi connectivity index (χ1v) is 12.8. The van der Waals surface area contributed by atoms with Crippen molar-refractivity contribution in [1.82, 2.24) is 0 Å². The number of rotatable bonds is 5. The minimum Gasteiger partial charge on any atom is -0.436 e. The number of carbonyl (C=O) groups is 1. The minimum atomic E-state index is -1.06. The second kappa shape index (κ2) is 8.61. The summed E-state index contributed by atoms with van der Waals surface area (Å²) in [4.78, 5) is 11.9. The molecule has 11 unspecified atom stereocenters. The van der Waals surface area contributed by atoms with Crippen molar-refractivity contribution in [2.24, 2.45) is 46.3 Å². The largest absolute Gasteiger partial charge is 0.436 e. The van der Waals surface area contributed by atoms with Crippen molar-refractivity contribution >= 4 is 5.97 Å². The van der Waals surface area contributed by atoms with Crippen molar-refractivity contribution in [1.29, 1.82) is 0 Å². The fraction of sp³-hybridized carbons (Fsp3) is 0.962. The first-order chi connectivity index (χ1) is 14.6. The fourth-order valence-electron chi connectivity index (χ4n) is 8.98. The van der Waals surface area contributed by atoms with Crippen LogP contribution in [0.4, 0.5) is 0 Å². The zero-order chi connectivity index (χ0) is 22.6. The number of aliphatic hydroxyl groups is 3. The van der Waals surface area contributed by atoms with Gasteiger partial charge < -0.3 is 20.1 Å². The van der Waals surface area contributed by atoms with Crippen molar-refractivity contribution in [3.63, 3.8) is 0 Å². The molecule has 0 radical (unpaired) electrons. The lowest BCUT2D eigenvalue weighted by molar-refractivity contribution is -0.201. The molecule has 4 aliphatic rings. The van der Waals surface area contributed by atoms with Crippen LogP contribution in [-0.4, -0.2) is 39.8 Å². The molecule has 11 atom stereocenters. The Bertz CT molecular complexity index is 664. The molecule has 4 rings (SSSR count). The Balaban J connectivity index is 1.52. The van der Waals surface area contributed by atoms with Gasteiger partial charge in [-0.2, -0.15) is 0 Å². The Hall–Kier alpha value is -0.650. The SMILES string of the molecule is CC(O)OC(=O)CCC(C)C1CCC2C3C(O)CC4CCCCC4(C)C3CC(O)C12C. The molecule has 0 amide bonds. The molecule has 0 saturated heterocycles. The van der Waals surface area contributed by atoms with E-state index in [0.29, 0.717) is 48.3 Å². The summed E-state index contributed by atoms with van der Waals surface area (Å²) in [6, 6.07) is 0. The zero-order valence-electron chi connectivity index (χ0n) is 19.9. The van der Waals surface area contributed by atoms with E-state index >= 15 is 0 Å². The van der Waals surface area contributed by atoms with Gasteiger partial charge in [0.1, 0.15) is 0 Å². The fourth-order valence-corrected chi connectivity index (χ4v) is 8.98. The summed E-state index contributed by atoms with van der Waals surface area (Å²) in [5.41, 5.74) is 0.0620. The standard InChI is InChI=1S/C26H44O5/c1-15(8-11-23(30)31-16(2)27)18-9-10-19-24-20(14-22(29)26(18,19)4)25(3)12-6-5-7-17(25)13-21(24)28/h15-22,24,27-29H,5-14H2,1-4H3. The molecular weight excluding hydrogens is 392 g/mol. The predicted octanol–water partition coefficient (Wildman–Crippen LogP) is 4.27. The summed E-state index contributed by atoms with van der Waals surface area (Å²) in [6.07, 6.45) is 8.28. The van der Waals surface area contributed by atoms with E-state index in [4.69, 9.17) is 4.74 Å². The number of hydrogen-bond acceptors (Lipinski definition) is 5. The van der Waals surface area contributed by atoms with Crippen LogP contribution in [0.3, 0.4) is 0 Å². The Kier molecular flexibility index (Phi) is 6.53. The first-order valence-electron chi connectivity index (χ1n) is 12.8. The van der Waals surface area contributed by atoms with E-state index < -0.39 is 6.29 Å². The average molecular weight is 437 g/mol. The zero-order valence-corrected chi connectivity index (χ0v) is 19.9. The van der Waals surface area contributed by atoms with Crippen LogP contribution in [0.25, 0.3) is 0 Å². The van der Waals surface area contributed by atoms with E-state index in [1.807, 2.05) is 0 Å². The highest BCUT2D eigenvalue weighted by molar-refractivity contribution is 5.69. The molecular formula is C26H44O5. The summed E-state index contributed by atoms with van der Waals surface area (Å²) >= 11 is 0. The predicted molar refractivity (Wildman–Crippen MR) is 119 cm³/mol. The Morgan fingerprint density at radius 1 is 1.06 bits per heavy atom. The van der Waals surface area contributed by atoms with Crippen LogP contribution in [0.2, 0.25) is 0 Å². The van der Waals surface area contributed by atoms with Crippen molar-refractivity contribution < 1.29 is 24.9 Å². The van der Waals surface area contributed by atoms with Crippen LogP contribution in [0.1, 0.15) is 91.9 Å². The molecule has 4 saturated carbocycles. The minimum absolute atomic E-state index is 0.201. The van der Waals surface area contributed by atoms with Gasteiger partial charge in [-0.3, -0.25) is 4.79 Å². The quantitative estimate of drug-likeness (QED) is 0.442. The maximum Gasteiger partial charge on any atom is 0.308 e. The van der Waals surface area contributed by atoms with E-state index in [2.05, 4.69) is 20.8 Å². The van der Waals surface area contributed by atoms with Gasteiger partial charge >= 0.3 is 5.97 Å². The molecule has 0 aliphatic heterocycles. The van der Waals surface area contributed by atoms with Gasteiger partial charge in [-0.15, -0.1) is 0 Å². The van der Waals surface area contributed by atoms with Gasteiger partial charge in [0, 0.05) is 6.42 Å². The summed E-state index contributed by atoms with van der Waals surface area (Å²) < 4.78 is 4.90. The summed E-state index contributed by atoms with van der Waals surface area (Å²) in [5, 5.41) is 32.2. The van der Waals surface area contributed by atoms with Crippen molar-refractivity contribution in [2.75, 3.05) is 0 Å². The van der Waals surface area contributed by atoms with Gasteiger partial charge in [0.15, 0.2) is 6.29 Å². The molecule has 4 aliphatic carbocycles. The molecule has 0 aromatic carbocycles. The van der Waals surface area contributed by atoms with Crippen LogP contribution in [0, 0.1) is 46.3 Å². The average Bonchev–Trinajstić information content (AvgIpc) is 3.05. The molecule has 0 spiro atoms. The van der Waals surface area contributed by atoms with E-state index in [0.717, 1.165) is 25.7 Å². The van der Waals surface area contributed by atoms with Crippen molar-refractivity contribution in [3.05, 3.63) is 0 Å². The number of fused-ring (bicyclic) bond motifs is 5. The molecule has 31 heavy (non-hydrogen) atoms. The number of aliphatic hydroxyl groups excluding tert-OH is 3. The maximum absolute atomic E-state index is 11.9. The number of carbonyl (C=O) groups excluding carboxylic acids is 1. The molecule has 178 valence electrons. The lowest BCUT2D eigenvalue weighted by atomic mass is 9.43. The Morgan fingerprint density at radius 3 is 2.52 bits per heavy atom. The van der Waals surface area contributed by atoms with E-state index in [1.54, 1.807) is 0 Å². The normalized spacial score (nSPS) is 48.8. The Morgan fingerprint density at radius 2 is 1.81 bits per heavy atom. The van der Waals surface area contributed by atoms with Gasteiger partial charge in [0.05, 0.1) is 12.2 Å². The van der Waals surface area contributed by atoms with E-state index in [-0.39, 0.29) is 29.0 Å². The van der Waals surface area contributed by atoms with E-state index in [9.17, 15) is 20.1 Å². The third kappa shape index (κ3) is 3.87.